The van der Waals surface area contributed by atoms with Crippen LogP contribution < -0.4 is 10.2 Å². The van der Waals surface area contributed by atoms with Crippen molar-refractivity contribution < 1.29 is 13.2 Å². The molecule has 1 aliphatic heterocycles. The largest absolute Gasteiger partial charge is 0.433 e. The van der Waals surface area contributed by atoms with Crippen molar-refractivity contribution in [1.82, 2.24) is 10.3 Å². The molecule has 2 heterocycles. The number of pyridine rings is 1. The van der Waals surface area contributed by atoms with Gasteiger partial charge in [0, 0.05) is 19.0 Å². The summed E-state index contributed by atoms with van der Waals surface area (Å²) in [5.41, 5.74) is 6.07. The van der Waals surface area contributed by atoms with Gasteiger partial charge in [-0.2, -0.15) is 13.2 Å². The van der Waals surface area contributed by atoms with Gasteiger partial charge in [0.1, 0.15) is 17.7 Å². The zero-order chi connectivity index (χ0) is 31.8. The molecule has 236 valence electrons. The van der Waals surface area contributed by atoms with E-state index in [1.807, 2.05) is 25.1 Å². The van der Waals surface area contributed by atoms with Crippen molar-refractivity contribution >= 4 is 12.5 Å². The summed E-state index contributed by atoms with van der Waals surface area (Å²) in [6, 6.07) is 30.3. The number of anilines is 1. The Morgan fingerprint density at radius 2 is 1.67 bits per heavy atom. The van der Waals surface area contributed by atoms with E-state index >= 15 is 0 Å². The van der Waals surface area contributed by atoms with Crippen LogP contribution in [0.5, 0.6) is 0 Å². The van der Waals surface area contributed by atoms with Gasteiger partial charge in [0.25, 0.3) is 0 Å². The van der Waals surface area contributed by atoms with Crippen LogP contribution in [0.3, 0.4) is 0 Å². The van der Waals surface area contributed by atoms with E-state index < -0.39 is 11.9 Å². The maximum Gasteiger partial charge on any atom is 0.433 e. The molecule has 3 atom stereocenters. The first-order chi connectivity index (χ1) is 21.8. The monoisotopic (exact) mass is 612 g/mol. The molecule has 5 rings (SSSR count). The predicted octanol–water partition coefficient (Wildman–Crippen LogP) is 9.27. The molecule has 0 saturated carbocycles. The van der Waals surface area contributed by atoms with Crippen molar-refractivity contribution in [3.63, 3.8) is 0 Å². The molecule has 1 saturated heterocycles. The molecule has 0 bridgehead atoms. The second kappa shape index (κ2) is 14.9. The fourth-order valence-electron chi connectivity index (χ4n) is 6.47. The molecular formula is C38H43F3N4. The van der Waals surface area contributed by atoms with Crippen LogP contribution >= 0.6 is 0 Å². The number of halogens is 3. The first kappa shape index (κ1) is 32.4. The number of benzene rings is 3. The SMILES string of the molecule is C=NC(NCCCCc1cccc(C2CN(c3nc(C(F)(F)F)ccc3CC)CC2CC)c1)c1ccc(-c2ccccc2)cc1. The highest BCUT2D eigenvalue weighted by Crippen LogP contribution is 2.39. The van der Waals surface area contributed by atoms with Crippen LogP contribution in [0, 0.1) is 5.92 Å². The van der Waals surface area contributed by atoms with Crippen LogP contribution in [0.4, 0.5) is 19.0 Å². The topological polar surface area (TPSA) is 40.5 Å². The van der Waals surface area contributed by atoms with Gasteiger partial charge in [0.2, 0.25) is 0 Å². The third kappa shape index (κ3) is 8.01. The first-order valence-corrected chi connectivity index (χ1v) is 16.1. The van der Waals surface area contributed by atoms with Crippen LogP contribution in [0.1, 0.15) is 73.1 Å². The highest BCUT2D eigenvalue weighted by Gasteiger charge is 2.37. The molecular weight excluding hydrogens is 569 g/mol. The van der Waals surface area contributed by atoms with Gasteiger partial charge in [-0.3, -0.25) is 10.3 Å². The van der Waals surface area contributed by atoms with E-state index in [4.69, 9.17) is 0 Å². The minimum Gasteiger partial charge on any atom is -0.355 e. The zero-order valence-corrected chi connectivity index (χ0v) is 26.2. The van der Waals surface area contributed by atoms with Gasteiger partial charge in [-0.1, -0.05) is 105 Å². The number of unbranched alkanes of at least 4 members (excludes halogenated alkanes) is 1. The van der Waals surface area contributed by atoms with Crippen LogP contribution in [0.25, 0.3) is 11.1 Å². The van der Waals surface area contributed by atoms with Crippen molar-refractivity contribution in [3.05, 3.63) is 119 Å². The number of aromatic nitrogens is 1. The molecule has 1 N–H and O–H groups in total. The number of alkyl halides is 3. The number of hydrogen-bond acceptors (Lipinski definition) is 4. The van der Waals surface area contributed by atoms with E-state index in [2.05, 4.69) is 94.5 Å². The molecule has 3 aromatic carbocycles. The third-order valence-electron chi connectivity index (χ3n) is 9.02. The van der Waals surface area contributed by atoms with Crippen molar-refractivity contribution in [2.24, 2.45) is 10.9 Å². The Bertz CT molecular complexity index is 1540. The predicted molar refractivity (Wildman–Crippen MR) is 179 cm³/mol. The van der Waals surface area contributed by atoms with E-state index in [9.17, 15) is 13.2 Å². The molecule has 1 aliphatic rings. The molecule has 4 aromatic rings. The van der Waals surface area contributed by atoms with E-state index in [0.29, 0.717) is 31.2 Å². The minimum atomic E-state index is -4.45. The summed E-state index contributed by atoms with van der Waals surface area (Å²) in [5.74, 6) is 1.09. The fourth-order valence-corrected chi connectivity index (χ4v) is 6.47. The Morgan fingerprint density at radius 3 is 2.36 bits per heavy atom. The smallest absolute Gasteiger partial charge is 0.355 e. The maximum atomic E-state index is 13.5. The Morgan fingerprint density at radius 1 is 0.911 bits per heavy atom. The number of aryl methyl sites for hydroxylation is 2. The van der Waals surface area contributed by atoms with E-state index in [1.54, 1.807) is 6.07 Å². The minimum absolute atomic E-state index is 0.144. The van der Waals surface area contributed by atoms with Crippen LogP contribution in [-0.4, -0.2) is 31.3 Å². The van der Waals surface area contributed by atoms with Crippen molar-refractivity contribution in [3.8, 4) is 11.1 Å². The van der Waals surface area contributed by atoms with Gasteiger partial charge >= 0.3 is 6.18 Å². The lowest BCUT2D eigenvalue weighted by Crippen LogP contribution is -2.24. The molecule has 4 nitrogen and oxygen atoms in total. The van der Waals surface area contributed by atoms with Gasteiger partial charge in [-0.05, 0) is 84.3 Å². The lowest BCUT2D eigenvalue weighted by molar-refractivity contribution is -0.141. The number of nitrogens with zero attached hydrogens (tertiary/aromatic N) is 3. The standard InChI is InChI=1S/C38H43F3N4/c1-4-28-21-22-35(38(39,40)41)44-37(28)45-25-29(5-2)34(26-45)33-16-11-13-27(24-33)12-9-10-23-43-36(42-3)32-19-17-31(18-20-32)30-14-7-6-8-15-30/h6-8,11,13-22,24,29,34,36,43H,3-5,9-10,12,23,25-26H2,1-2H3. The van der Waals surface area contributed by atoms with Gasteiger partial charge in [0.05, 0.1) is 0 Å². The zero-order valence-electron chi connectivity index (χ0n) is 26.2. The summed E-state index contributed by atoms with van der Waals surface area (Å²) < 4.78 is 40.4. The average Bonchev–Trinajstić information content (AvgIpc) is 3.51. The van der Waals surface area contributed by atoms with E-state index in [-0.39, 0.29) is 12.1 Å². The molecule has 3 unspecified atom stereocenters. The van der Waals surface area contributed by atoms with Crippen LogP contribution in [0.2, 0.25) is 0 Å². The van der Waals surface area contributed by atoms with E-state index in [0.717, 1.165) is 49.4 Å². The Balaban J connectivity index is 1.16. The Kier molecular flexibility index (Phi) is 10.7. The number of aliphatic imine (C=N–C) groups is 1. The van der Waals surface area contributed by atoms with Gasteiger partial charge < -0.3 is 4.90 Å². The van der Waals surface area contributed by atoms with Crippen LogP contribution in [-0.2, 0) is 19.0 Å². The number of nitrogens with one attached hydrogen (secondary N) is 1. The summed E-state index contributed by atoms with van der Waals surface area (Å²) in [4.78, 5) is 10.5. The normalized spacial score (nSPS) is 17.4. The summed E-state index contributed by atoms with van der Waals surface area (Å²) in [5, 5.41) is 3.53. The summed E-state index contributed by atoms with van der Waals surface area (Å²) in [6.07, 6.45) is 0.0248. The molecule has 1 aromatic heterocycles. The number of rotatable bonds is 13. The number of hydrogen-bond donors (Lipinski definition) is 1. The maximum absolute atomic E-state index is 13.5. The second-order valence-corrected chi connectivity index (χ2v) is 11.9. The molecule has 0 spiro atoms. The highest BCUT2D eigenvalue weighted by molar-refractivity contribution is 5.63. The van der Waals surface area contributed by atoms with Gasteiger partial charge in [0.15, 0.2) is 0 Å². The second-order valence-electron chi connectivity index (χ2n) is 11.9. The molecule has 7 heteroatoms. The van der Waals surface area contributed by atoms with Crippen molar-refractivity contribution in [2.75, 3.05) is 24.5 Å². The first-order valence-electron chi connectivity index (χ1n) is 16.1. The highest BCUT2D eigenvalue weighted by atomic mass is 19.4. The van der Waals surface area contributed by atoms with Crippen molar-refractivity contribution in [2.45, 2.75) is 64.2 Å². The van der Waals surface area contributed by atoms with Crippen molar-refractivity contribution in [1.29, 1.82) is 0 Å². The molecule has 45 heavy (non-hydrogen) atoms. The third-order valence-corrected chi connectivity index (χ3v) is 9.02. The van der Waals surface area contributed by atoms with E-state index in [1.165, 1.54) is 22.3 Å². The Hall–Kier alpha value is -3.97. The lowest BCUT2D eigenvalue weighted by atomic mass is 9.86. The summed E-state index contributed by atoms with van der Waals surface area (Å²) in [6.45, 7) is 10.2. The van der Waals surface area contributed by atoms with Gasteiger partial charge in [-0.15, -0.1) is 0 Å². The van der Waals surface area contributed by atoms with Gasteiger partial charge in [-0.25, -0.2) is 4.98 Å². The summed E-state index contributed by atoms with van der Waals surface area (Å²) in [7, 11) is 0. The molecule has 0 radical (unpaired) electrons. The molecule has 0 aliphatic carbocycles. The average molecular weight is 613 g/mol. The lowest BCUT2D eigenvalue weighted by Gasteiger charge is -2.22. The Labute approximate surface area is 265 Å². The molecule has 0 amide bonds. The molecule has 1 fully saturated rings. The fraction of sp³-hybridized carbons (Fsp3) is 0.368. The van der Waals surface area contributed by atoms with Crippen LogP contribution in [0.15, 0.2) is 96.0 Å². The quantitative estimate of drug-likeness (QED) is 0.121. The summed E-state index contributed by atoms with van der Waals surface area (Å²) >= 11 is 0.